The predicted molar refractivity (Wildman–Crippen MR) is 85.1 cm³/mol. The van der Waals surface area contributed by atoms with E-state index in [1.807, 2.05) is 0 Å². The molecule has 1 aliphatic carbocycles. The maximum Gasteiger partial charge on any atom is 0.0380 e. The minimum Gasteiger partial charge on any atom is -0.312 e. The molecule has 4 rings (SSSR count). The van der Waals surface area contributed by atoms with Crippen LogP contribution < -0.4 is 5.32 Å². The van der Waals surface area contributed by atoms with E-state index in [2.05, 4.69) is 22.0 Å². The fourth-order valence-electron chi connectivity index (χ4n) is 4.60. The predicted octanol–water partition coefficient (Wildman–Crippen LogP) is 2.32. The van der Waals surface area contributed by atoms with Crippen LogP contribution in [-0.4, -0.2) is 61.2 Å². The van der Waals surface area contributed by atoms with E-state index in [9.17, 15) is 0 Å². The molecule has 0 amide bonds. The lowest BCUT2D eigenvalue weighted by Crippen LogP contribution is -2.67. The third kappa shape index (κ3) is 3.37. The molecule has 4 aliphatic rings. The Balaban J connectivity index is 1.67. The first kappa shape index (κ1) is 14.8. The van der Waals surface area contributed by atoms with Gasteiger partial charge < -0.3 is 5.32 Å². The molecule has 1 saturated carbocycles. The second-order valence-corrected chi connectivity index (χ2v) is 7.14. The van der Waals surface area contributed by atoms with Crippen LogP contribution in [0.4, 0.5) is 0 Å². The SMILES string of the molecule is CCCNC(C1CCCCCC1)C1CN2CCN1CC2. The zero-order valence-corrected chi connectivity index (χ0v) is 13.3. The monoisotopic (exact) mass is 279 g/mol. The van der Waals surface area contributed by atoms with Crippen LogP contribution in [-0.2, 0) is 0 Å². The van der Waals surface area contributed by atoms with Crippen LogP contribution in [0.1, 0.15) is 51.9 Å². The fraction of sp³-hybridized carbons (Fsp3) is 1.00. The van der Waals surface area contributed by atoms with Crippen LogP contribution in [0, 0.1) is 5.92 Å². The normalized spacial score (nSPS) is 36.8. The van der Waals surface area contributed by atoms with E-state index in [1.54, 1.807) is 0 Å². The van der Waals surface area contributed by atoms with Crippen molar-refractivity contribution in [1.82, 2.24) is 15.1 Å². The molecule has 116 valence electrons. The summed E-state index contributed by atoms with van der Waals surface area (Å²) in [6, 6.07) is 1.53. The molecule has 2 bridgehead atoms. The summed E-state index contributed by atoms with van der Waals surface area (Å²) in [5, 5.41) is 3.95. The molecule has 2 atom stereocenters. The Morgan fingerprint density at radius 2 is 1.70 bits per heavy atom. The molecule has 0 radical (unpaired) electrons. The highest BCUT2D eigenvalue weighted by Gasteiger charge is 2.39. The molecule has 2 unspecified atom stereocenters. The minimum atomic E-state index is 0.746. The van der Waals surface area contributed by atoms with Gasteiger partial charge in [-0.15, -0.1) is 0 Å². The number of nitrogens with one attached hydrogen (secondary N) is 1. The molecule has 1 N–H and O–H groups in total. The van der Waals surface area contributed by atoms with E-state index in [0.29, 0.717) is 0 Å². The van der Waals surface area contributed by atoms with Crippen LogP contribution in [0.15, 0.2) is 0 Å². The highest BCUT2D eigenvalue weighted by molar-refractivity contribution is 4.97. The van der Waals surface area contributed by atoms with E-state index in [0.717, 1.165) is 18.0 Å². The number of nitrogens with zero attached hydrogens (tertiary/aromatic N) is 2. The summed E-state index contributed by atoms with van der Waals surface area (Å²) in [5.41, 5.74) is 0. The van der Waals surface area contributed by atoms with Crippen LogP contribution >= 0.6 is 0 Å². The van der Waals surface area contributed by atoms with Gasteiger partial charge in [0, 0.05) is 44.8 Å². The summed E-state index contributed by atoms with van der Waals surface area (Å²) in [4.78, 5) is 5.49. The molecule has 3 heterocycles. The van der Waals surface area contributed by atoms with Gasteiger partial charge in [-0.1, -0.05) is 32.6 Å². The van der Waals surface area contributed by atoms with Crippen LogP contribution in [0.5, 0.6) is 0 Å². The standard InChI is InChI=1S/C17H33N3/c1-2-9-18-17(15-7-5-3-4-6-8-15)16-14-19-10-12-20(16)13-11-19/h15-18H,2-14H2,1H3. The van der Waals surface area contributed by atoms with Gasteiger partial charge in [-0.3, -0.25) is 9.80 Å². The number of piperazine rings is 3. The molecule has 3 saturated heterocycles. The topological polar surface area (TPSA) is 18.5 Å². The van der Waals surface area contributed by atoms with E-state index in [4.69, 9.17) is 0 Å². The quantitative estimate of drug-likeness (QED) is 0.779. The van der Waals surface area contributed by atoms with Crippen molar-refractivity contribution in [1.29, 1.82) is 0 Å². The van der Waals surface area contributed by atoms with E-state index >= 15 is 0 Å². The lowest BCUT2D eigenvalue weighted by Gasteiger charge is -2.51. The van der Waals surface area contributed by atoms with Gasteiger partial charge in [-0.25, -0.2) is 0 Å². The molecule has 20 heavy (non-hydrogen) atoms. The number of rotatable bonds is 5. The molecule has 3 heteroatoms. The van der Waals surface area contributed by atoms with E-state index < -0.39 is 0 Å². The Kier molecular flexibility index (Phi) is 5.36. The largest absolute Gasteiger partial charge is 0.312 e. The lowest BCUT2D eigenvalue weighted by atomic mass is 9.84. The van der Waals surface area contributed by atoms with Gasteiger partial charge in [0.15, 0.2) is 0 Å². The minimum absolute atomic E-state index is 0.746. The molecule has 3 aliphatic heterocycles. The smallest absolute Gasteiger partial charge is 0.0380 e. The maximum atomic E-state index is 3.95. The van der Waals surface area contributed by atoms with Crippen molar-refractivity contribution >= 4 is 0 Å². The highest BCUT2D eigenvalue weighted by Crippen LogP contribution is 2.30. The highest BCUT2D eigenvalue weighted by atomic mass is 15.4. The molecular formula is C17H33N3. The van der Waals surface area contributed by atoms with E-state index in [1.165, 1.54) is 84.2 Å². The van der Waals surface area contributed by atoms with Crippen molar-refractivity contribution in [3.8, 4) is 0 Å². The van der Waals surface area contributed by atoms with Gasteiger partial charge in [-0.05, 0) is 31.7 Å². The molecular weight excluding hydrogens is 246 g/mol. The summed E-state index contributed by atoms with van der Waals surface area (Å²) < 4.78 is 0. The summed E-state index contributed by atoms with van der Waals surface area (Å²) in [6.07, 6.45) is 10.1. The molecule has 4 fully saturated rings. The second-order valence-electron chi connectivity index (χ2n) is 7.14. The first-order valence-corrected chi connectivity index (χ1v) is 9.08. The van der Waals surface area contributed by atoms with Gasteiger partial charge in [0.25, 0.3) is 0 Å². The Bertz CT molecular complexity index is 278. The molecule has 3 nitrogen and oxygen atoms in total. The van der Waals surface area contributed by atoms with E-state index in [-0.39, 0.29) is 0 Å². The van der Waals surface area contributed by atoms with Crippen LogP contribution in [0.25, 0.3) is 0 Å². The van der Waals surface area contributed by atoms with Crippen molar-refractivity contribution < 1.29 is 0 Å². The third-order valence-corrected chi connectivity index (χ3v) is 5.77. The Morgan fingerprint density at radius 3 is 2.25 bits per heavy atom. The summed E-state index contributed by atoms with van der Waals surface area (Å²) in [6.45, 7) is 10.0. The summed E-state index contributed by atoms with van der Waals surface area (Å²) >= 11 is 0. The first-order valence-electron chi connectivity index (χ1n) is 9.08. The third-order valence-electron chi connectivity index (χ3n) is 5.77. The van der Waals surface area contributed by atoms with Crippen molar-refractivity contribution in [2.75, 3.05) is 39.3 Å². The van der Waals surface area contributed by atoms with Crippen molar-refractivity contribution in [3.05, 3.63) is 0 Å². The van der Waals surface area contributed by atoms with Gasteiger partial charge in [0.2, 0.25) is 0 Å². The first-order chi connectivity index (χ1) is 9.88. The van der Waals surface area contributed by atoms with Gasteiger partial charge in [0.1, 0.15) is 0 Å². The molecule has 0 aromatic heterocycles. The number of fused-ring (bicyclic) bond motifs is 3. The van der Waals surface area contributed by atoms with Gasteiger partial charge in [0.05, 0.1) is 0 Å². The number of hydrogen-bond acceptors (Lipinski definition) is 3. The molecule has 0 aromatic rings. The van der Waals surface area contributed by atoms with Crippen molar-refractivity contribution in [2.45, 2.75) is 64.0 Å². The Labute approximate surface area is 125 Å². The number of hydrogen-bond donors (Lipinski definition) is 1. The average Bonchev–Trinajstić information content (AvgIpc) is 2.78. The summed E-state index contributed by atoms with van der Waals surface area (Å²) in [5.74, 6) is 0.926. The Morgan fingerprint density at radius 1 is 1.00 bits per heavy atom. The van der Waals surface area contributed by atoms with Crippen LogP contribution in [0.3, 0.4) is 0 Å². The Hall–Kier alpha value is -0.120. The fourth-order valence-corrected chi connectivity index (χ4v) is 4.60. The van der Waals surface area contributed by atoms with Crippen LogP contribution in [0.2, 0.25) is 0 Å². The second kappa shape index (κ2) is 7.24. The van der Waals surface area contributed by atoms with Gasteiger partial charge >= 0.3 is 0 Å². The van der Waals surface area contributed by atoms with Crippen molar-refractivity contribution in [2.24, 2.45) is 5.92 Å². The maximum absolute atomic E-state index is 3.95. The molecule has 0 aromatic carbocycles. The average molecular weight is 279 g/mol. The van der Waals surface area contributed by atoms with Crippen molar-refractivity contribution in [3.63, 3.8) is 0 Å². The van der Waals surface area contributed by atoms with Gasteiger partial charge in [-0.2, -0.15) is 0 Å². The summed E-state index contributed by atoms with van der Waals surface area (Å²) in [7, 11) is 0. The zero-order chi connectivity index (χ0) is 13.8. The lowest BCUT2D eigenvalue weighted by molar-refractivity contribution is -0.0145. The zero-order valence-electron chi connectivity index (χ0n) is 13.3. The molecule has 0 spiro atoms.